The lowest BCUT2D eigenvalue weighted by atomic mass is 10.1. The molecule has 2 amide bonds. The van der Waals surface area contributed by atoms with Crippen LogP contribution < -0.4 is 20.9 Å². The van der Waals surface area contributed by atoms with Crippen LogP contribution >= 0.6 is 0 Å². The van der Waals surface area contributed by atoms with Gasteiger partial charge in [-0.05, 0) is 74.7 Å². The second-order valence-electron chi connectivity index (χ2n) is 7.31. The molecule has 0 aliphatic carbocycles. The summed E-state index contributed by atoms with van der Waals surface area (Å²) in [4.78, 5) is 26.0. The fraction of sp³-hybridized carbons (Fsp3) is 0.364. The normalized spacial score (nSPS) is 14.5. The quantitative estimate of drug-likeness (QED) is 0.708. The Kier molecular flexibility index (Phi) is 6.19. The number of nitrogens with one attached hydrogen (secondary N) is 3. The maximum absolute atomic E-state index is 12.5. The minimum absolute atomic E-state index is 0.117. The molecule has 1 saturated heterocycles. The minimum atomic E-state index is -0.382. The van der Waals surface area contributed by atoms with Crippen molar-refractivity contribution in [3.8, 4) is 0 Å². The van der Waals surface area contributed by atoms with Crippen LogP contribution in [0.25, 0.3) is 0 Å². The van der Waals surface area contributed by atoms with Gasteiger partial charge in [0.2, 0.25) is 11.8 Å². The number of aryl methyl sites for hydroxylation is 1. The Morgan fingerprint density at radius 2 is 1.50 bits per heavy atom. The number of amides is 2. The van der Waals surface area contributed by atoms with Crippen molar-refractivity contribution in [3.05, 3.63) is 48.0 Å². The van der Waals surface area contributed by atoms with Crippen LogP contribution in [0, 0.1) is 6.92 Å². The van der Waals surface area contributed by atoms with Gasteiger partial charge in [-0.3, -0.25) is 9.59 Å². The van der Waals surface area contributed by atoms with E-state index in [0.29, 0.717) is 11.4 Å². The first kappa shape index (κ1) is 19.7. The number of carbonyl (C=O) groups is 2. The van der Waals surface area contributed by atoms with Crippen molar-refractivity contribution in [2.24, 2.45) is 0 Å². The summed E-state index contributed by atoms with van der Waals surface area (Å²) in [6.45, 7) is 7.65. The molecule has 0 unspecified atom stereocenters. The van der Waals surface area contributed by atoms with E-state index in [1.165, 1.54) is 31.0 Å². The zero-order valence-electron chi connectivity index (χ0n) is 16.7. The molecule has 0 saturated carbocycles. The van der Waals surface area contributed by atoms with Gasteiger partial charge in [-0.15, -0.1) is 0 Å². The van der Waals surface area contributed by atoms with Gasteiger partial charge in [0.1, 0.15) is 6.04 Å². The molecule has 1 heterocycles. The molecule has 3 N–H and O–H groups in total. The van der Waals surface area contributed by atoms with E-state index in [1.807, 2.05) is 13.0 Å². The number of rotatable bonds is 6. The van der Waals surface area contributed by atoms with Gasteiger partial charge in [0, 0.05) is 42.8 Å². The highest BCUT2D eigenvalue weighted by molar-refractivity contribution is 5.96. The number of hydrogen-bond acceptors (Lipinski definition) is 4. The van der Waals surface area contributed by atoms with Gasteiger partial charge < -0.3 is 20.9 Å². The molecule has 1 aliphatic rings. The summed E-state index contributed by atoms with van der Waals surface area (Å²) in [5, 5.41) is 8.86. The van der Waals surface area contributed by atoms with Crippen LogP contribution in [-0.4, -0.2) is 30.9 Å². The third-order valence-electron chi connectivity index (χ3n) is 4.89. The number of hydrogen-bond donors (Lipinski definition) is 3. The molecule has 0 bridgehead atoms. The highest BCUT2D eigenvalue weighted by Crippen LogP contribution is 2.27. The van der Waals surface area contributed by atoms with Gasteiger partial charge in [-0.1, -0.05) is 0 Å². The van der Waals surface area contributed by atoms with Crippen LogP contribution in [0.2, 0.25) is 0 Å². The standard InChI is InChI=1S/C22H28N4O2/c1-15-14-20(10-11-21(15)26-12-4-5-13-26)23-16(2)22(28)25-19-8-6-18(7-9-19)24-17(3)27/h6-11,14,16,23H,4-5,12-13H2,1-3H3,(H,24,27)(H,25,28)/t16-/m0/s1. The third kappa shape index (κ3) is 5.03. The van der Waals surface area contributed by atoms with Crippen molar-refractivity contribution >= 4 is 34.6 Å². The van der Waals surface area contributed by atoms with E-state index >= 15 is 0 Å². The lowest BCUT2D eigenvalue weighted by molar-refractivity contribution is -0.116. The molecule has 3 rings (SSSR count). The van der Waals surface area contributed by atoms with Crippen LogP contribution in [0.5, 0.6) is 0 Å². The van der Waals surface area contributed by atoms with Crippen LogP contribution in [0.4, 0.5) is 22.7 Å². The molecule has 0 spiro atoms. The Morgan fingerprint density at radius 1 is 0.929 bits per heavy atom. The first-order chi connectivity index (χ1) is 13.4. The number of anilines is 4. The number of benzene rings is 2. The predicted molar refractivity (Wildman–Crippen MR) is 115 cm³/mol. The molecule has 0 radical (unpaired) electrons. The monoisotopic (exact) mass is 380 g/mol. The van der Waals surface area contributed by atoms with Crippen molar-refractivity contribution in [2.75, 3.05) is 33.9 Å². The minimum Gasteiger partial charge on any atom is -0.374 e. The Hall–Kier alpha value is -3.02. The van der Waals surface area contributed by atoms with E-state index in [2.05, 4.69) is 39.9 Å². The van der Waals surface area contributed by atoms with Crippen LogP contribution in [0.15, 0.2) is 42.5 Å². The van der Waals surface area contributed by atoms with Crippen molar-refractivity contribution in [3.63, 3.8) is 0 Å². The second kappa shape index (κ2) is 8.78. The van der Waals surface area contributed by atoms with Crippen molar-refractivity contribution in [1.82, 2.24) is 0 Å². The topological polar surface area (TPSA) is 73.5 Å². The van der Waals surface area contributed by atoms with Gasteiger partial charge >= 0.3 is 0 Å². The molecule has 1 aliphatic heterocycles. The predicted octanol–water partition coefficient (Wildman–Crippen LogP) is 3.99. The fourth-order valence-electron chi connectivity index (χ4n) is 3.46. The van der Waals surface area contributed by atoms with E-state index in [-0.39, 0.29) is 17.9 Å². The summed E-state index contributed by atoms with van der Waals surface area (Å²) in [6, 6.07) is 12.9. The van der Waals surface area contributed by atoms with Crippen LogP contribution in [0.1, 0.15) is 32.3 Å². The maximum atomic E-state index is 12.5. The van der Waals surface area contributed by atoms with Gasteiger partial charge in [0.05, 0.1) is 0 Å². The summed E-state index contributed by atoms with van der Waals surface area (Å²) in [5.74, 6) is -0.241. The molecule has 28 heavy (non-hydrogen) atoms. The van der Waals surface area contributed by atoms with Crippen molar-refractivity contribution in [2.45, 2.75) is 39.7 Å². The molecule has 2 aromatic carbocycles. The van der Waals surface area contributed by atoms with Gasteiger partial charge in [0.15, 0.2) is 0 Å². The zero-order valence-corrected chi connectivity index (χ0v) is 16.7. The van der Waals surface area contributed by atoms with Gasteiger partial charge in [-0.2, -0.15) is 0 Å². The van der Waals surface area contributed by atoms with Crippen molar-refractivity contribution in [1.29, 1.82) is 0 Å². The zero-order chi connectivity index (χ0) is 20.1. The molecule has 6 nitrogen and oxygen atoms in total. The first-order valence-corrected chi connectivity index (χ1v) is 9.73. The molecule has 6 heteroatoms. The maximum Gasteiger partial charge on any atom is 0.246 e. The summed E-state index contributed by atoms with van der Waals surface area (Å²) in [6.07, 6.45) is 2.50. The Bertz CT molecular complexity index is 842. The van der Waals surface area contributed by atoms with Crippen molar-refractivity contribution < 1.29 is 9.59 Å². The molecule has 1 fully saturated rings. The third-order valence-corrected chi connectivity index (χ3v) is 4.89. The second-order valence-corrected chi connectivity index (χ2v) is 7.31. The van der Waals surface area contributed by atoms with Crippen LogP contribution in [0.3, 0.4) is 0 Å². The van der Waals surface area contributed by atoms with Gasteiger partial charge in [-0.25, -0.2) is 0 Å². The Morgan fingerprint density at radius 3 is 2.07 bits per heavy atom. The summed E-state index contributed by atoms with van der Waals surface area (Å²) >= 11 is 0. The molecule has 148 valence electrons. The lowest BCUT2D eigenvalue weighted by Crippen LogP contribution is -2.31. The largest absolute Gasteiger partial charge is 0.374 e. The Labute approximate surface area is 166 Å². The number of carbonyl (C=O) groups excluding carboxylic acids is 2. The number of nitrogens with zero attached hydrogens (tertiary/aromatic N) is 1. The molecular formula is C22H28N4O2. The average molecular weight is 380 g/mol. The first-order valence-electron chi connectivity index (χ1n) is 9.73. The van der Waals surface area contributed by atoms with E-state index in [0.717, 1.165) is 18.8 Å². The molecule has 0 aromatic heterocycles. The van der Waals surface area contributed by atoms with Crippen LogP contribution in [-0.2, 0) is 9.59 Å². The summed E-state index contributed by atoms with van der Waals surface area (Å²) < 4.78 is 0. The average Bonchev–Trinajstić information content (AvgIpc) is 3.17. The molecular weight excluding hydrogens is 352 g/mol. The summed E-state index contributed by atoms with van der Waals surface area (Å²) in [5.41, 5.74) is 4.81. The fourth-order valence-corrected chi connectivity index (χ4v) is 3.46. The molecule has 1 atom stereocenters. The smallest absolute Gasteiger partial charge is 0.246 e. The van der Waals surface area contributed by atoms with Gasteiger partial charge in [0.25, 0.3) is 0 Å². The van der Waals surface area contributed by atoms with E-state index in [4.69, 9.17) is 0 Å². The molecule has 2 aromatic rings. The Balaban J connectivity index is 1.57. The van der Waals surface area contributed by atoms with E-state index in [1.54, 1.807) is 24.3 Å². The summed E-state index contributed by atoms with van der Waals surface area (Å²) in [7, 11) is 0. The van der Waals surface area contributed by atoms with E-state index < -0.39 is 0 Å². The highest BCUT2D eigenvalue weighted by Gasteiger charge is 2.16. The lowest BCUT2D eigenvalue weighted by Gasteiger charge is -2.22. The van der Waals surface area contributed by atoms with E-state index in [9.17, 15) is 9.59 Å². The highest BCUT2D eigenvalue weighted by atomic mass is 16.2. The SMILES string of the molecule is CC(=O)Nc1ccc(NC(=O)[C@H](C)Nc2ccc(N3CCCC3)c(C)c2)cc1.